The zero-order valence-electron chi connectivity index (χ0n) is 25.4. The van der Waals surface area contributed by atoms with Crippen molar-refractivity contribution in [3.8, 4) is 0 Å². The predicted molar refractivity (Wildman–Crippen MR) is 173 cm³/mol. The zero-order chi connectivity index (χ0) is 29.4. The Morgan fingerprint density at radius 2 is 1.67 bits per heavy atom. The van der Waals surface area contributed by atoms with Crippen LogP contribution in [0.2, 0.25) is 0 Å². The van der Waals surface area contributed by atoms with E-state index in [1.807, 2.05) is 24.9 Å². The van der Waals surface area contributed by atoms with E-state index in [1.165, 1.54) is 11.0 Å². The lowest BCUT2D eigenvalue weighted by molar-refractivity contribution is -0.133. The van der Waals surface area contributed by atoms with Crippen molar-refractivity contribution in [3.63, 3.8) is 0 Å². The maximum atomic E-state index is 12.3. The Balaban J connectivity index is 2.39. The van der Waals surface area contributed by atoms with Gasteiger partial charge in [0, 0.05) is 42.3 Å². The lowest BCUT2D eigenvalue weighted by Crippen LogP contribution is -2.40. The minimum absolute atomic E-state index is 0.00232. The van der Waals surface area contributed by atoms with Crippen LogP contribution in [-0.2, 0) is 11.2 Å². The van der Waals surface area contributed by atoms with Crippen LogP contribution in [0.1, 0.15) is 64.9 Å². The van der Waals surface area contributed by atoms with E-state index in [9.17, 15) is 4.79 Å². The van der Waals surface area contributed by atoms with Crippen LogP contribution in [-0.4, -0.2) is 44.8 Å². The first-order valence-electron chi connectivity index (χ1n) is 14.4. The Kier molecular flexibility index (Phi) is 15.8. The molecule has 0 bridgehead atoms. The highest BCUT2D eigenvalue weighted by Gasteiger charge is 2.18. The molecule has 0 fully saturated rings. The summed E-state index contributed by atoms with van der Waals surface area (Å²) in [5, 5.41) is 10.4. The highest BCUT2D eigenvalue weighted by atomic mass is 16.2. The van der Waals surface area contributed by atoms with Gasteiger partial charge in [0.25, 0.3) is 0 Å². The van der Waals surface area contributed by atoms with Gasteiger partial charge >= 0.3 is 0 Å². The van der Waals surface area contributed by atoms with Crippen molar-refractivity contribution in [2.45, 2.75) is 71.8 Å². The van der Waals surface area contributed by atoms with Crippen LogP contribution in [0.5, 0.6) is 0 Å². The molecule has 1 aromatic carbocycles. The smallest absolute Gasteiger partial charge is 0.225 e. The molecule has 0 aliphatic heterocycles. The molecule has 0 heterocycles. The van der Waals surface area contributed by atoms with Crippen LogP contribution in [0.4, 0.5) is 5.69 Å². The van der Waals surface area contributed by atoms with Crippen LogP contribution in [0.3, 0.4) is 0 Å². The molecular weight excluding hydrogens is 479 g/mol. The van der Waals surface area contributed by atoms with Gasteiger partial charge in [-0.3, -0.25) is 4.79 Å². The molecule has 0 aromatic heterocycles. The number of nitrogens with zero attached hydrogens (tertiary/aromatic N) is 1. The van der Waals surface area contributed by atoms with E-state index >= 15 is 0 Å². The summed E-state index contributed by atoms with van der Waals surface area (Å²) in [5.41, 5.74) is 6.37. The van der Waals surface area contributed by atoms with Crippen LogP contribution in [0.25, 0.3) is 0 Å². The summed E-state index contributed by atoms with van der Waals surface area (Å²) < 4.78 is 0. The molecule has 0 aliphatic carbocycles. The second kappa shape index (κ2) is 18.2. The molecular formula is C33H53BN4O. The first-order chi connectivity index (χ1) is 18.4. The number of hydrogen-bond acceptors (Lipinski definition) is 4. The summed E-state index contributed by atoms with van der Waals surface area (Å²) in [4.78, 5) is 14.2. The molecule has 2 atom stereocenters. The number of unbranched alkanes of at least 4 members (excludes halogenated alkanes) is 2. The van der Waals surface area contributed by atoms with E-state index in [1.54, 1.807) is 0 Å². The molecule has 1 rings (SSSR count). The molecule has 0 spiro atoms. The topological polar surface area (TPSA) is 56.4 Å². The standard InChI is InChI=1S/C33H53BN4O/c1-10-14-25(4)33(39)38(9)22-13-11-12-15-27(6)37-32(24(2)3)29(8)35-23-28(7)36-31-20-18-30(19-21-31)17-16-26(5)34/h10,18-21,24-25,32,35-37H,1,5-8,11-17,22-23,34H2,2-4,9H3. The molecule has 0 saturated heterocycles. The van der Waals surface area contributed by atoms with Gasteiger partial charge in [-0.15, -0.1) is 18.6 Å². The second-order valence-corrected chi connectivity index (χ2v) is 11.2. The number of hydrogen-bond donors (Lipinski definition) is 3. The van der Waals surface area contributed by atoms with E-state index in [0.29, 0.717) is 12.5 Å². The summed E-state index contributed by atoms with van der Waals surface area (Å²) in [6.45, 7) is 28.1. The third kappa shape index (κ3) is 14.0. The van der Waals surface area contributed by atoms with Crippen LogP contribution < -0.4 is 16.0 Å². The second-order valence-electron chi connectivity index (χ2n) is 11.2. The van der Waals surface area contributed by atoms with Crippen molar-refractivity contribution < 1.29 is 4.79 Å². The summed E-state index contributed by atoms with van der Waals surface area (Å²) in [6, 6.07) is 8.56. The number of allylic oxidation sites excluding steroid dienone is 3. The number of rotatable bonds is 21. The van der Waals surface area contributed by atoms with Crippen molar-refractivity contribution >= 4 is 19.4 Å². The average Bonchev–Trinajstić information content (AvgIpc) is 2.89. The van der Waals surface area contributed by atoms with Gasteiger partial charge in [0.2, 0.25) is 5.91 Å². The van der Waals surface area contributed by atoms with Crippen LogP contribution >= 0.6 is 0 Å². The molecule has 1 aromatic rings. The minimum atomic E-state index is 0.00232. The number of amides is 1. The molecule has 0 saturated carbocycles. The molecule has 6 heteroatoms. The summed E-state index contributed by atoms with van der Waals surface area (Å²) in [7, 11) is 3.95. The van der Waals surface area contributed by atoms with Crippen molar-refractivity contribution in [2.24, 2.45) is 11.8 Å². The van der Waals surface area contributed by atoms with Gasteiger partial charge < -0.3 is 20.9 Å². The van der Waals surface area contributed by atoms with Gasteiger partial charge in [0.15, 0.2) is 0 Å². The molecule has 5 nitrogen and oxygen atoms in total. The number of nitrogens with one attached hydrogen (secondary N) is 3. The normalized spacial score (nSPS) is 12.2. The molecule has 0 radical (unpaired) electrons. The van der Waals surface area contributed by atoms with Gasteiger partial charge in [-0.05, 0) is 62.1 Å². The zero-order valence-corrected chi connectivity index (χ0v) is 25.4. The molecule has 214 valence electrons. The Bertz CT molecular complexity index is 966. The summed E-state index contributed by atoms with van der Waals surface area (Å²) in [5.74, 6) is 0.548. The Morgan fingerprint density at radius 3 is 2.26 bits per heavy atom. The van der Waals surface area contributed by atoms with Gasteiger partial charge in [-0.1, -0.05) is 65.1 Å². The van der Waals surface area contributed by atoms with Crippen LogP contribution in [0.15, 0.2) is 85.8 Å². The lowest BCUT2D eigenvalue weighted by atomic mass is 9.91. The minimum Gasteiger partial charge on any atom is -0.382 e. The number of aryl methyl sites for hydroxylation is 1. The van der Waals surface area contributed by atoms with Gasteiger partial charge in [0.1, 0.15) is 7.85 Å². The quantitative estimate of drug-likeness (QED) is 0.101. The highest BCUT2D eigenvalue weighted by Crippen LogP contribution is 2.16. The fourth-order valence-electron chi connectivity index (χ4n) is 4.34. The lowest BCUT2D eigenvalue weighted by Gasteiger charge is -2.28. The van der Waals surface area contributed by atoms with Crippen molar-refractivity contribution in [3.05, 3.63) is 91.4 Å². The highest BCUT2D eigenvalue weighted by molar-refractivity contribution is 6.21. The molecule has 0 aliphatic rings. The maximum absolute atomic E-state index is 12.3. The first kappa shape index (κ1) is 33.9. The van der Waals surface area contributed by atoms with Gasteiger partial charge in [-0.25, -0.2) is 0 Å². The van der Waals surface area contributed by atoms with Crippen molar-refractivity contribution in [1.29, 1.82) is 0 Å². The van der Waals surface area contributed by atoms with E-state index in [2.05, 4.69) is 94.8 Å². The number of carbonyl (C=O) groups is 1. The number of benzene rings is 1. The third-order valence-electron chi connectivity index (χ3n) is 6.84. The van der Waals surface area contributed by atoms with E-state index < -0.39 is 0 Å². The van der Waals surface area contributed by atoms with Gasteiger partial charge in [0.05, 0.1) is 12.6 Å². The first-order valence-corrected chi connectivity index (χ1v) is 14.4. The number of carbonyl (C=O) groups excluding carboxylic acids is 1. The Labute approximate surface area is 240 Å². The van der Waals surface area contributed by atoms with Crippen LogP contribution in [0, 0.1) is 11.8 Å². The monoisotopic (exact) mass is 532 g/mol. The maximum Gasteiger partial charge on any atom is 0.225 e. The fraction of sp³-hybridized carbons (Fsp3) is 0.485. The molecule has 39 heavy (non-hydrogen) atoms. The molecule has 1 amide bonds. The summed E-state index contributed by atoms with van der Waals surface area (Å²) in [6.07, 6.45) is 8.54. The van der Waals surface area contributed by atoms with E-state index in [0.717, 1.165) is 74.3 Å². The molecule has 2 unspecified atom stereocenters. The SMILES string of the molecule is BC(=C)CCc1ccc(NC(=C)CNC(=C)C(NC(=C)CCCCCN(C)C(=O)C(C)CC=C)C(C)C)cc1. The third-order valence-corrected chi connectivity index (χ3v) is 6.84. The Hall–Kier alpha value is -3.15. The largest absolute Gasteiger partial charge is 0.382 e. The van der Waals surface area contributed by atoms with Crippen molar-refractivity contribution in [2.75, 3.05) is 25.5 Å². The fourth-order valence-corrected chi connectivity index (χ4v) is 4.34. The Morgan fingerprint density at radius 1 is 1.00 bits per heavy atom. The van der Waals surface area contributed by atoms with E-state index in [-0.39, 0.29) is 17.9 Å². The predicted octanol–water partition coefficient (Wildman–Crippen LogP) is 6.15. The number of anilines is 1. The molecule has 3 N–H and O–H groups in total. The van der Waals surface area contributed by atoms with E-state index in [4.69, 9.17) is 0 Å². The van der Waals surface area contributed by atoms with Crippen molar-refractivity contribution in [1.82, 2.24) is 15.5 Å². The van der Waals surface area contributed by atoms with Gasteiger partial charge in [-0.2, -0.15) is 0 Å². The average molecular weight is 533 g/mol. The summed E-state index contributed by atoms with van der Waals surface area (Å²) >= 11 is 0.